The number of nitrogens with one attached hydrogen (secondary N) is 2. The van der Waals surface area contributed by atoms with Crippen molar-refractivity contribution in [2.75, 3.05) is 11.9 Å². The Labute approximate surface area is 178 Å². The lowest BCUT2D eigenvalue weighted by atomic mass is 9.98. The van der Waals surface area contributed by atoms with Crippen molar-refractivity contribution in [1.82, 2.24) is 15.5 Å². The van der Waals surface area contributed by atoms with E-state index in [4.69, 9.17) is 16.3 Å². The Hall–Kier alpha value is -2.69. The quantitative estimate of drug-likeness (QED) is 0.586. The smallest absolute Gasteiger partial charge is 0.417 e. The Morgan fingerprint density at radius 3 is 2.83 bits per heavy atom. The highest BCUT2D eigenvalue weighted by molar-refractivity contribution is 7.17. The van der Waals surface area contributed by atoms with Crippen LogP contribution in [0.25, 0.3) is 0 Å². The normalized spacial score (nSPS) is 13.6. The Kier molecular flexibility index (Phi) is 5.63. The highest BCUT2D eigenvalue weighted by atomic mass is 35.5. The van der Waals surface area contributed by atoms with Gasteiger partial charge in [-0.05, 0) is 59.7 Å². The Balaban J connectivity index is 1.47. The summed E-state index contributed by atoms with van der Waals surface area (Å²) in [5, 5.41) is 13.0. The lowest BCUT2D eigenvalue weighted by Crippen LogP contribution is -2.24. The van der Waals surface area contributed by atoms with Gasteiger partial charge in [-0.25, -0.2) is 0 Å². The summed E-state index contributed by atoms with van der Waals surface area (Å²) in [6.45, 7) is 1.62. The molecule has 0 saturated carbocycles. The van der Waals surface area contributed by atoms with Crippen LogP contribution in [0.5, 0.6) is 10.9 Å². The van der Waals surface area contributed by atoms with Crippen LogP contribution in [0.3, 0.4) is 0 Å². The number of amides is 1. The molecule has 0 bridgehead atoms. The molecule has 0 aliphatic carbocycles. The zero-order chi connectivity index (χ0) is 21.3. The summed E-state index contributed by atoms with van der Waals surface area (Å²) in [5.41, 5.74) is 1.74. The van der Waals surface area contributed by atoms with E-state index in [1.807, 2.05) is 12.1 Å². The minimum absolute atomic E-state index is 0.0527. The van der Waals surface area contributed by atoms with E-state index >= 15 is 0 Å². The Bertz CT molecular complexity index is 1100. The summed E-state index contributed by atoms with van der Waals surface area (Å²) in [6.07, 6.45) is -3.77. The van der Waals surface area contributed by atoms with Crippen molar-refractivity contribution >= 4 is 34.0 Å². The zero-order valence-corrected chi connectivity index (χ0v) is 16.8. The molecule has 0 radical (unpaired) electrons. The van der Waals surface area contributed by atoms with Gasteiger partial charge in [-0.3, -0.25) is 10.1 Å². The van der Waals surface area contributed by atoms with Crippen molar-refractivity contribution < 1.29 is 22.7 Å². The SMILES string of the molecule is O=C(Nc1nnc(Oc2cccc(C(F)(F)F)c2Cl)s1)c1ccc2c(c1)CCNC2. The molecule has 1 amide bonds. The Morgan fingerprint density at radius 1 is 1.20 bits per heavy atom. The van der Waals surface area contributed by atoms with Crippen molar-refractivity contribution in [3.63, 3.8) is 0 Å². The van der Waals surface area contributed by atoms with Crippen LogP contribution in [0.1, 0.15) is 27.0 Å². The van der Waals surface area contributed by atoms with Crippen LogP contribution in [0.15, 0.2) is 36.4 Å². The fraction of sp³-hybridized carbons (Fsp3) is 0.211. The molecule has 0 atom stereocenters. The molecular formula is C19H14ClF3N4O2S. The molecule has 0 fully saturated rings. The number of nitrogens with zero attached hydrogens (tertiary/aromatic N) is 2. The molecule has 6 nitrogen and oxygen atoms in total. The summed E-state index contributed by atoms with van der Waals surface area (Å²) in [5.74, 6) is -0.569. The minimum Gasteiger partial charge on any atom is -0.428 e. The molecule has 0 saturated heterocycles. The second-order valence-electron chi connectivity index (χ2n) is 6.46. The van der Waals surface area contributed by atoms with Crippen molar-refractivity contribution in [3.05, 3.63) is 63.7 Å². The van der Waals surface area contributed by atoms with Crippen LogP contribution in [0, 0.1) is 0 Å². The van der Waals surface area contributed by atoms with E-state index in [0.717, 1.165) is 48.0 Å². The first-order valence-electron chi connectivity index (χ1n) is 8.82. The number of carbonyl (C=O) groups excluding carboxylic acids is 1. The average molecular weight is 455 g/mol. The second-order valence-corrected chi connectivity index (χ2v) is 7.77. The molecule has 1 aliphatic heterocycles. The number of hydrogen-bond acceptors (Lipinski definition) is 6. The van der Waals surface area contributed by atoms with Gasteiger partial charge in [-0.2, -0.15) is 13.2 Å². The molecule has 2 heterocycles. The van der Waals surface area contributed by atoms with Crippen molar-refractivity contribution in [1.29, 1.82) is 0 Å². The number of rotatable bonds is 4. The predicted octanol–water partition coefficient (Wildman–Crippen LogP) is 4.90. The van der Waals surface area contributed by atoms with Crippen molar-refractivity contribution in [3.8, 4) is 10.9 Å². The van der Waals surface area contributed by atoms with E-state index < -0.39 is 16.8 Å². The molecule has 0 unspecified atom stereocenters. The molecule has 1 aliphatic rings. The van der Waals surface area contributed by atoms with Gasteiger partial charge in [0.2, 0.25) is 5.13 Å². The number of ether oxygens (including phenoxy) is 1. The number of halogens is 4. The number of fused-ring (bicyclic) bond motifs is 1. The first-order chi connectivity index (χ1) is 14.3. The van der Waals surface area contributed by atoms with E-state index in [0.29, 0.717) is 5.56 Å². The Morgan fingerprint density at radius 2 is 2.03 bits per heavy atom. The fourth-order valence-electron chi connectivity index (χ4n) is 2.99. The highest BCUT2D eigenvalue weighted by Gasteiger charge is 2.34. The maximum Gasteiger partial charge on any atom is 0.417 e. The standard InChI is InChI=1S/C19H14ClF3N4O2S/c20-15-13(19(21,22)23)2-1-3-14(15)29-18-27-26-17(30-18)25-16(28)11-4-5-12-9-24-7-6-10(12)8-11/h1-5,8,24H,6-7,9H2,(H,25,26,28). The molecule has 2 aromatic carbocycles. The van der Waals surface area contributed by atoms with E-state index in [1.165, 1.54) is 12.1 Å². The van der Waals surface area contributed by atoms with Crippen LogP contribution in [0.2, 0.25) is 5.02 Å². The van der Waals surface area contributed by atoms with Gasteiger partial charge in [-0.1, -0.05) is 28.8 Å². The summed E-state index contributed by atoms with van der Waals surface area (Å²) in [7, 11) is 0. The minimum atomic E-state index is -4.61. The number of alkyl halides is 3. The van der Waals surface area contributed by atoms with Gasteiger partial charge in [0.15, 0.2) is 0 Å². The summed E-state index contributed by atoms with van der Waals surface area (Å²) < 4.78 is 44.2. The van der Waals surface area contributed by atoms with Crippen molar-refractivity contribution in [2.45, 2.75) is 19.1 Å². The third-order valence-electron chi connectivity index (χ3n) is 4.45. The highest BCUT2D eigenvalue weighted by Crippen LogP contribution is 2.41. The molecule has 11 heteroatoms. The number of benzene rings is 2. The summed E-state index contributed by atoms with van der Waals surface area (Å²) >= 11 is 6.69. The van der Waals surface area contributed by atoms with Gasteiger partial charge < -0.3 is 10.1 Å². The van der Waals surface area contributed by atoms with Crippen LogP contribution < -0.4 is 15.4 Å². The topological polar surface area (TPSA) is 76.1 Å². The maximum absolute atomic E-state index is 13.0. The second kappa shape index (κ2) is 8.21. The van der Waals surface area contributed by atoms with E-state index in [2.05, 4.69) is 20.8 Å². The van der Waals surface area contributed by atoms with Gasteiger partial charge >= 0.3 is 11.4 Å². The molecule has 2 N–H and O–H groups in total. The van der Waals surface area contributed by atoms with Crippen LogP contribution in [0.4, 0.5) is 18.3 Å². The first-order valence-corrected chi connectivity index (χ1v) is 10.0. The van der Waals surface area contributed by atoms with Gasteiger partial charge in [0.1, 0.15) is 5.75 Å². The maximum atomic E-state index is 13.0. The molecular weight excluding hydrogens is 441 g/mol. The molecule has 4 rings (SSSR count). The first kappa shape index (κ1) is 20.6. The number of carbonyl (C=O) groups is 1. The fourth-order valence-corrected chi connectivity index (χ4v) is 3.87. The third kappa shape index (κ3) is 4.40. The molecule has 1 aromatic heterocycles. The lowest BCUT2D eigenvalue weighted by Gasteiger charge is -2.17. The van der Waals surface area contributed by atoms with E-state index in [-0.39, 0.29) is 22.0 Å². The molecule has 3 aromatic rings. The molecule has 156 valence electrons. The van der Waals surface area contributed by atoms with Crippen LogP contribution in [-0.2, 0) is 19.1 Å². The van der Waals surface area contributed by atoms with Gasteiger partial charge in [0, 0.05) is 12.1 Å². The number of hydrogen-bond donors (Lipinski definition) is 2. The monoisotopic (exact) mass is 454 g/mol. The summed E-state index contributed by atoms with van der Waals surface area (Å²) in [6, 6.07) is 8.79. The zero-order valence-electron chi connectivity index (χ0n) is 15.2. The van der Waals surface area contributed by atoms with Crippen LogP contribution in [-0.4, -0.2) is 22.6 Å². The lowest BCUT2D eigenvalue weighted by molar-refractivity contribution is -0.137. The van der Waals surface area contributed by atoms with E-state index in [1.54, 1.807) is 6.07 Å². The molecule has 0 spiro atoms. The van der Waals surface area contributed by atoms with Gasteiger partial charge in [0.05, 0.1) is 10.6 Å². The summed E-state index contributed by atoms with van der Waals surface area (Å²) in [4.78, 5) is 12.5. The van der Waals surface area contributed by atoms with Gasteiger partial charge in [-0.15, -0.1) is 5.10 Å². The van der Waals surface area contributed by atoms with Crippen molar-refractivity contribution in [2.24, 2.45) is 0 Å². The average Bonchev–Trinajstić information content (AvgIpc) is 3.15. The van der Waals surface area contributed by atoms with Crippen LogP contribution >= 0.6 is 22.9 Å². The van der Waals surface area contributed by atoms with E-state index in [9.17, 15) is 18.0 Å². The number of anilines is 1. The van der Waals surface area contributed by atoms with Gasteiger partial charge in [0.25, 0.3) is 5.91 Å². The predicted molar refractivity (Wildman–Crippen MR) is 106 cm³/mol. The largest absolute Gasteiger partial charge is 0.428 e. The third-order valence-corrected chi connectivity index (χ3v) is 5.55. The number of aromatic nitrogens is 2. The molecule has 30 heavy (non-hydrogen) atoms.